The minimum absolute atomic E-state index is 0.0218. The Labute approximate surface area is 185 Å². The van der Waals surface area contributed by atoms with E-state index in [1.807, 2.05) is 0 Å². The van der Waals surface area contributed by atoms with Gasteiger partial charge in [0.2, 0.25) is 6.41 Å². The predicted molar refractivity (Wildman–Crippen MR) is 118 cm³/mol. The van der Waals surface area contributed by atoms with Gasteiger partial charge < -0.3 is 23.8 Å². The molecule has 0 aromatic heterocycles. The van der Waals surface area contributed by atoms with E-state index in [1.54, 1.807) is 47.6 Å². The fourth-order valence-electron chi connectivity index (χ4n) is 2.84. The molecule has 1 amide bonds. The van der Waals surface area contributed by atoms with Gasteiger partial charge in [0, 0.05) is 6.42 Å². The largest absolute Gasteiger partial charge is 0.466 e. The minimum Gasteiger partial charge on any atom is -0.466 e. The number of amides is 1. The van der Waals surface area contributed by atoms with Crippen LogP contribution >= 0.6 is 7.60 Å². The van der Waals surface area contributed by atoms with Crippen molar-refractivity contribution in [3.63, 3.8) is 0 Å². The number of nitrogens with one attached hydrogen (secondary N) is 1. The van der Waals surface area contributed by atoms with E-state index in [-0.39, 0.29) is 43.8 Å². The average Bonchev–Trinajstić information content (AvgIpc) is 2.60. The second kappa shape index (κ2) is 16.0. The molecule has 0 bridgehead atoms. The lowest BCUT2D eigenvalue weighted by Crippen LogP contribution is -2.30. The second-order valence-corrected chi connectivity index (χ2v) is 9.42. The van der Waals surface area contributed by atoms with E-state index in [0.29, 0.717) is 31.4 Å². The molecule has 1 unspecified atom stereocenters. The first-order chi connectivity index (χ1) is 14.5. The number of ether oxygens (including phenoxy) is 2. The Kier molecular flexibility index (Phi) is 15.1. The summed E-state index contributed by atoms with van der Waals surface area (Å²) in [7, 11) is -3.50. The van der Waals surface area contributed by atoms with Gasteiger partial charge in [0.05, 0.1) is 44.0 Å². The number of carbonyl (C=O) groups excluding carboxylic acids is 3. The molecule has 0 aliphatic heterocycles. The quantitative estimate of drug-likeness (QED) is 0.150. The van der Waals surface area contributed by atoms with Crippen LogP contribution in [0.4, 0.5) is 0 Å². The SMILES string of the molecule is CCOC(=O)CCC/C(=C/C(CC(=O)OCC)NC=O)CP(=O)(OC(C)C)OC(C)C. The van der Waals surface area contributed by atoms with Gasteiger partial charge >= 0.3 is 19.5 Å². The summed E-state index contributed by atoms with van der Waals surface area (Å²) < 4.78 is 34.5. The van der Waals surface area contributed by atoms with E-state index in [1.165, 1.54) is 0 Å². The van der Waals surface area contributed by atoms with Crippen molar-refractivity contribution in [3.05, 3.63) is 11.6 Å². The Morgan fingerprint density at radius 2 is 1.48 bits per heavy atom. The molecule has 0 saturated carbocycles. The molecule has 1 atom stereocenters. The lowest BCUT2D eigenvalue weighted by atomic mass is 10.1. The molecular weight excluding hydrogens is 425 g/mol. The number of carbonyl (C=O) groups is 3. The molecule has 10 heteroatoms. The Hall–Kier alpha value is -1.70. The molecular formula is C21H38NO8P. The van der Waals surface area contributed by atoms with Gasteiger partial charge in [-0.25, -0.2) is 0 Å². The van der Waals surface area contributed by atoms with E-state index in [0.717, 1.165) is 0 Å². The Morgan fingerprint density at radius 1 is 0.935 bits per heavy atom. The van der Waals surface area contributed by atoms with Crippen LogP contribution in [0.2, 0.25) is 0 Å². The van der Waals surface area contributed by atoms with Crippen LogP contribution in [0.1, 0.15) is 67.2 Å². The molecule has 9 nitrogen and oxygen atoms in total. The number of allylic oxidation sites excluding steroid dienone is 1. The Balaban J connectivity index is 5.66. The van der Waals surface area contributed by atoms with E-state index in [4.69, 9.17) is 18.5 Å². The van der Waals surface area contributed by atoms with Crippen LogP contribution in [0, 0.1) is 0 Å². The molecule has 31 heavy (non-hydrogen) atoms. The van der Waals surface area contributed by atoms with Crippen LogP contribution in [0.3, 0.4) is 0 Å². The zero-order valence-electron chi connectivity index (χ0n) is 19.5. The van der Waals surface area contributed by atoms with Crippen molar-refractivity contribution in [1.29, 1.82) is 0 Å². The van der Waals surface area contributed by atoms with Crippen LogP contribution in [0.25, 0.3) is 0 Å². The number of esters is 2. The zero-order chi connectivity index (χ0) is 23.9. The van der Waals surface area contributed by atoms with Crippen molar-refractivity contribution in [2.75, 3.05) is 19.4 Å². The van der Waals surface area contributed by atoms with Gasteiger partial charge in [-0.15, -0.1) is 0 Å². The molecule has 0 heterocycles. The van der Waals surface area contributed by atoms with Crippen molar-refractivity contribution in [2.24, 2.45) is 0 Å². The molecule has 0 aliphatic rings. The molecule has 1 N–H and O–H groups in total. The highest BCUT2D eigenvalue weighted by atomic mass is 31.2. The first-order valence-electron chi connectivity index (χ1n) is 10.7. The van der Waals surface area contributed by atoms with E-state index >= 15 is 0 Å². The van der Waals surface area contributed by atoms with Crippen LogP contribution in [0.5, 0.6) is 0 Å². The van der Waals surface area contributed by atoms with Crippen LogP contribution in [-0.2, 0) is 37.5 Å². The summed E-state index contributed by atoms with van der Waals surface area (Å²) in [6.07, 6.45) is 2.44. The van der Waals surface area contributed by atoms with Crippen LogP contribution < -0.4 is 5.32 Å². The van der Waals surface area contributed by atoms with Crippen LogP contribution in [0.15, 0.2) is 11.6 Å². The third kappa shape index (κ3) is 14.9. The van der Waals surface area contributed by atoms with Crippen LogP contribution in [-0.4, -0.2) is 56.0 Å². The van der Waals surface area contributed by atoms with E-state index in [9.17, 15) is 18.9 Å². The predicted octanol–water partition coefficient (Wildman–Crippen LogP) is 3.76. The Bertz CT molecular complexity index is 619. The zero-order valence-corrected chi connectivity index (χ0v) is 20.4. The van der Waals surface area contributed by atoms with Crippen molar-refractivity contribution in [1.82, 2.24) is 5.32 Å². The molecule has 0 saturated heterocycles. The summed E-state index contributed by atoms with van der Waals surface area (Å²) in [4.78, 5) is 34.6. The molecule has 0 rings (SSSR count). The van der Waals surface area contributed by atoms with E-state index in [2.05, 4.69) is 5.32 Å². The number of rotatable bonds is 17. The smallest absolute Gasteiger partial charge is 0.335 e. The van der Waals surface area contributed by atoms with Gasteiger partial charge in [-0.2, -0.15) is 0 Å². The molecule has 0 aromatic carbocycles. The minimum atomic E-state index is -3.50. The Morgan fingerprint density at radius 3 is 1.97 bits per heavy atom. The van der Waals surface area contributed by atoms with Gasteiger partial charge in [-0.05, 0) is 54.4 Å². The van der Waals surface area contributed by atoms with Crippen molar-refractivity contribution >= 4 is 25.9 Å². The van der Waals surface area contributed by atoms with Gasteiger partial charge in [0.15, 0.2) is 0 Å². The van der Waals surface area contributed by atoms with Crippen molar-refractivity contribution < 1.29 is 37.5 Å². The molecule has 0 aliphatic carbocycles. The summed E-state index contributed by atoms with van der Waals surface area (Å²) in [5.74, 6) is -0.792. The fourth-order valence-corrected chi connectivity index (χ4v) is 5.08. The van der Waals surface area contributed by atoms with Gasteiger partial charge in [-0.1, -0.05) is 11.6 Å². The molecule has 0 aromatic rings. The lowest BCUT2D eigenvalue weighted by molar-refractivity contribution is -0.144. The highest BCUT2D eigenvalue weighted by Gasteiger charge is 2.29. The second-order valence-electron chi connectivity index (χ2n) is 7.46. The first-order valence-corrected chi connectivity index (χ1v) is 12.4. The topological polar surface area (TPSA) is 117 Å². The summed E-state index contributed by atoms with van der Waals surface area (Å²) in [6, 6.07) is -0.652. The maximum atomic E-state index is 13.3. The fraction of sp³-hybridized carbons (Fsp3) is 0.762. The normalized spacial score (nSPS) is 13.2. The monoisotopic (exact) mass is 463 g/mol. The lowest BCUT2D eigenvalue weighted by Gasteiger charge is -2.24. The van der Waals surface area contributed by atoms with Crippen molar-refractivity contribution in [3.8, 4) is 0 Å². The summed E-state index contributed by atoms with van der Waals surface area (Å²) >= 11 is 0. The summed E-state index contributed by atoms with van der Waals surface area (Å²) in [5, 5.41) is 2.57. The van der Waals surface area contributed by atoms with Gasteiger partial charge in [0.1, 0.15) is 0 Å². The summed E-state index contributed by atoms with van der Waals surface area (Å²) in [5.41, 5.74) is 0.651. The number of hydrogen-bond donors (Lipinski definition) is 1. The average molecular weight is 464 g/mol. The van der Waals surface area contributed by atoms with Crippen molar-refractivity contribution in [2.45, 2.75) is 85.5 Å². The molecule has 0 spiro atoms. The third-order valence-corrected chi connectivity index (χ3v) is 6.01. The first kappa shape index (κ1) is 29.3. The maximum absolute atomic E-state index is 13.3. The maximum Gasteiger partial charge on any atom is 0.335 e. The molecule has 0 fully saturated rings. The highest BCUT2D eigenvalue weighted by molar-refractivity contribution is 7.54. The molecule has 0 radical (unpaired) electrons. The number of hydrogen-bond acceptors (Lipinski definition) is 8. The van der Waals surface area contributed by atoms with Gasteiger partial charge in [0.25, 0.3) is 0 Å². The van der Waals surface area contributed by atoms with E-state index < -0.39 is 19.6 Å². The highest BCUT2D eigenvalue weighted by Crippen LogP contribution is 2.52. The summed E-state index contributed by atoms with van der Waals surface area (Å²) in [6.45, 7) is 11.0. The molecule has 180 valence electrons. The third-order valence-electron chi connectivity index (χ3n) is 3.73. The standard InChI is InChI=1S/C21H38NO8P/c1-7-27-20(24)11-9-10-18(12-19(22-15-23)13-21(25)28-8-2)14-31(26,29-16(3)4)30-17(5)6/h12,15-17,19H,7-11,13-14H2,1-6H3,(H,22,23)/b18-12-. The van der Waals surface area contributed by atoms with Gasteiger partial charge in [-0.3, -0.25) is 18.9 Å².